The van der Waals surface area contributed by atoms with Crippen molar-refractivity contribution in [3.8, 4) is 11.5 Å². The summed E-state index contributed by atoms with van der Waals surface area (Å²) in [5.41, 5.74) is 0.892. The summed E-state index contributed by atoms with van der Waals surface area (Å²) < 4.78 is 44.1. The zero-order valence-corrected chi connectivity index (χ0v) is 19.1. The van der Waals surface area contributed by atoms with E-state index in [1.165, 1.54) is 23.5 Å². The second-order valence-corrected chi connectivity index (χ2v) is 9.86. The van der Waals surface area contributed by atoms with Gasteiger partial charge in [-0.1, -0.05) is 12.1 Å². The van der Waals surface area contributed by atoms with Crippen LogP contribution in [-0.4, -0.2) is 77.1 Å². The van der Waals surface area contributed by atoms with Gasteiger partial charge in [0, 0.05) is 32.1 Å². The summed E-state index contributed by atoms with van der Waals surface area (Å²) in [7, 11) is -0.646. The van der Waals surface area contributed by atoms with Crippen LogP contribution in [0.4, 0.5) is 0 Å². The number of carbonyl (C=O) groups is 1. The number of hydrogen-bond acceptors (Lipinski definition) is 6. The molecule has 0 spiro atoms. The quantitative estimate of drug-likeness (QED) is 0.655. The van der Waals surface area contributed by atoms with Crippen molar-refractivity contribution in [2.45, 2.75) is 10.8 Å². The number of methoxy groups -OCH3 is 2. The minimum Gasteiger partial charge on any atom is -0.497 e. The molecular weight excluding hydrogens is 432 g/mol. The first-order valence-corrected chi connectivity index (χ1v) is 12.0. The fourth-order valence-corrected chi connectivity index (χ4v) is 5.83. The van der Waals surface area contributed by atoms with Crippen LogP contribution in [0.3, 0.4) is 0 Å². The molecule has 9 heteroatoms. The molecule has 2 heterocycles. The van der Waals surface area contributed by atoms with Gasteiger partial charge in [0.2, 0.25) is 15.9 Å². The lowest BCUT2D eigenvalue weighted by Gasteiger charge is -2.31. The third kappa shape index (κ3) is 4.46. The van der Waals surface area contributed by atoms with Crippen molar-refractivity contribution in [2.24, 2.45) is 5.92 Å². The molecule has 0 saturated carbocycles. The highest BCUT2D eigenvalue weighted by Gasteiger charge is 2.45. The highest BCUT2D eigenvalue weighted by Crippen LogP contribution is 2.38. The van der Waals surface area contributed by atoms with Crippen LogP contribution in [0.15, 0.2) is 53.4 Å². The zero-order chi connectivity index (χ0) is 22.7. The smallest absolute Gasteiger partial charge is 0.243 e. The Balaban J connectivity index is 1.65. The Labute approximate surface area is 188 Å². The van der Waals surface area contributed by atoms with Crippen LogP contribution in [-0.2, 0) is 19.6 Å². The first kappa shape index (κ1) is 22.6. The van der Waals surface area contributed by atoms with Gasteiger partial charge >= 0.3 is 0 Å². The number of benzene rings is 2. The zero-order valence-electron chi connectivity index (χ0n) is 18.3. The number of carbonyl (C=O) groups excluding carboxylic acids is 1. The van der Waals surface area contributed by atoms with Crippen LogP contribution >= 0.6 is 0 Å². The largest absolute Gasteiger partial charge is 0.497 e. The highest BCUT2D eigenvalue weighted by molar-refractivity contribution is 7.89. The number of rotatable bonds is 6. The van der Waals surface area contributed by atoms with Crippen molar-refractivity contribution in [3.63, 3.8) is 0 Å². The molecular formula is C23H28N2O6S. The lowest BCUT2D eigenvalue weighted by atomic mass is 9.87. The molecule has 2 saturated heterocycles. The van der Waals surface area contributed by atoms with Crippen molar-refractivity contribution in [1.29, 1.82) is 0 Å². The van der Waals surface area contributed by atoms with E-state index in [0.717, 1.165) is 5.56 Å². The predicted octanol–water partition coefficient (Wildman–Crippen LogP) is 1.97. The summed E-state index contributed by atoms with van der Waals surface area (Å²) in [5.74, 6) is 0.479. The Morgan fingerprint density at radius 3 is 2.31 bits per heavy atom. The third-order valence-corrected chi connectivity index (χ3v) is 7.99. The van der Waals surface area contributed by atoms with E-state index in [-0.39, 0.29) is 29.8 Å². The molecule has 2 aromatic carbocycles. The first-order valence-electron chi connectivity index (χ1n) is 10.6. The number of morpholine rings is 1. The lowest BCUT2D eigenvalue weighted by molar-refractivity contribution is -0.139. The minimum atomic E-state index is -3.77. The monoisotopic (exact) mass is 460 g/mol. The van der Waals surface area contributed by atoms with E-state index < -0.39 is 15.9 Å². The van der Waals surface area contributed by atoms with Gasteiger partial charge in [0.15, 0.2) is 0 Å². The van der Waals surface area contributed by atoms with E-state index in [2.05, 4.69) is 0 Å². The predicted molar refractivity (Wildman–Crippen MR) is 118 cm³/mol. The third-order valence-electron chi connectivity index (χ3n) is 6.15. The van der Waals surface area contributed by atoms with Gasteiger partial charge in [-0.2, -0.15) is 4.31 Å². The van der Waals surface area contributed by atoms with Crippen molar-refractivity contribution < 1.29 is 27.4 Å². The molecule has 4 rings (SSSR count). The number of hydrogen-bond donors (Lipinski definition) is 0. The molecule has 0 N–H and O–H groups in total. The van der Waals surface area contributed by atoms with E-state index in [1.807, 2.05) is 24.3 Å². The van der Waals surface area contributed by atoms with Crippen LogP contribution in [0.5, 0.6) is 11.5 Å². The molecule has 8 nitrogen and oxygen atoms in total. The van der Waals surface area contributed by atoms with Crippen molar-refractivity contribution >= 4 is 15.9 Å². The fraction of sp³-hybridized carbons (Fsp3) is 0.435. The number of sulfonamides is 1. The molecule has 0 aromatic heterocycles. The maximum Gasteiger partial charge on any atom is 0.243 e. The Morgan fingerprint density at radius 2 is 1.66 bits per heavy atom. The second kappa shape index (κ2) is 9.48. The molecule has 172 valence electrons. The summed E-state index contributed by atoms with van der Waals surface area (Å²) in [4.78, 5) is 15.4. The molecule has 2 aromatic rings. The molecule has 0 radical (unpaired) electrons. The molecule has 0 bridgehead atoms. The van der Waals surface area contributed by atoms with Gasteiger partial charge in [-0.3, -0.25) is 4.79 Å². The van der Waals surface area contributed by atoms with Crippen molar-refractivity contribution in [3.05, 3.63) is 54.1 Å². The van der Waals surface area contributed by atoms with Crippen molar-refractivity contribution in [2.75, 3.05) is 53.6 Å². The summed E-state index contributed by atoms with van der Waals surface area (Å²) >= 11 is 0. The normalized spacial score (nSPS) is 22.0. The Morgan fingerprint density at radius 1 is 0.969 bits per heavy atom. The van der Waals surface area contributed by atoms with E-state index >= 15 is 0 Å². The lowest BCUT2D eigenvalue weighted by Crippen LogP contribution is -2.45. The molecule has 32 heavy (non-hydrogen) atoms. The van der Waals surface area contributed by atoms with E-state index in [1.54, 1.807) is 24.1 Å². The van der Waals surface area contributed by atoms with Crippen LogP contribution < -0.4 is 9.47 Å². The highest BCUT2D eigenvalue weighted by atomic mass is 32.2. The molecule has 0 aliphatic carbocycles. The van der Waals surface area contributed by atoms with Crippen molar-refractivity contribution in [1.82, 2.24) is 9.21 Å². The van der Waals surface area contributed by atoms with Crippen LogP contribution in [0.2, 0.25) is 0 Å². The summed E-state index contributed by atoms with van der Waals surface area (Å²) in [5, 5.41) is 0. The molecule has 2 atom stereocenters. The van der Waals surface area contributed by atoms with E-state index in [9.17, 15) is 13.2 Å². The van der Waals surface area contributed by atoms with Gasteiger partial charge in [-0.25, -0.2) is 8.42 Å². The number of nitrogens with zero attached hydrogens (tertiary/aromatic N) is 2. The first-order chi connectivity index (χ1) is 15.4. The minimum absolute atomic E-state index is 0.0337. The van der Waals surface area contributed by atoms with Gasteiger partial charge in [0.05, 0.1) is 38.2 Å². The van der Waals surface area contributed by atoms with Gasteiger partial charge < -0.3 is 19.1 Å². The van der Waals surface area contributed by atoms with Gasteiger partial charge in [-0.15, -0.1) is 0 Å². The summed E-state index contributed by atoms with van der Waals surface area (Å²) in [6.45, 7) is 2.39. The molecule has 1 amide bonds. The molecule has 2 unspecified atom stereocenters. The summed E-state index contributed by atoms with van der Waals surface area (Å²) in [6.07, 6.45) is 0. The van der Waals surface area contributed by atoms with E-state index in [0.29, 0.717) is 37.8 Å². The second-order valence-electron chi connectivity index (χ2n) is 7.92. The summed E-state index contributed by atoms with van der Waals surface area (Å²) in [6, 6.07) is 13.8. The van der Waals surface area contributed by atoms with Gasteiger partial charge in [-0.05, 0) is 42.0 Å². The Hall–Kier alpha value is -2.62. The van der Waals surface area contributed by atoms with E-state index in [4.69, 9.17) is 14.2 Å². The van der Waals surface area contributed by atoms with Gasteiger partial charge in [0.1, 0.15) is 11.5 Å². The average molecular weight is 461 g/mol. The maximum atomic E-state index is 13.4. The van der Waals surface area contributed by atoms with Crippen LogP contribution in [0.25, 0.3) is 0 Å². The van der Waals surface area contributed by atoms with Gasteiger partial charge in [0.25, 0.3) is 0 Å². The topological polar surface area (TPSA) is 85.4 Å². The Bertz CT molecular complexity index is 1050. The molecule has 2 aliphatic heterocycles. The SMILES string of the molecule is COc1ccc(S(=O)(=O)N2CC(C(=O)N3CCOCC3)C(c3cccc(OC)c3)C2)cc1. The number of amides is 1. The Kier molecular flexibility index (Phi) is 6.68. The maximum absolute atomic E-state index is 13.4. The fourth-order valence-electron chi connectivity index (χ4n) is 4.34. The number of ether oxygens (including phenoxy) is 3. The van der Waals surface area contributed by atoms with Crippen LogP contribution in [0.1, 0.15) is 11.5 Å². The average Bonchev–Trinajstić information content (AvgIpc) is 3.30. The molecule has 2 aliphatic rings. The molecule has 2 fully saturated rings. The van der Waals surface area contributed by atoms with Crippen LogP contribution in [0, 0.1) is 5.92 Å². The standard InChI is InChI=1S/C23H28N2O6S/c1-29-18-6-8-20(9-7-18)32(27,28)25-15-21(17-4-3-5-19(14-17)30-2)22(16-25)23(26)24-10-12-31-13-11-24/h3-9,14,21-22H,10-13,15-16H2,1-2H3.